The number of hydrogen-bond acceptors (Lipinski definition) is 5. The molecular weight excluding hydrogens is 342 g/mol. The molecule has 6 nitrogen and oxygen atoms in total. The monoisotopic (exact) mass is 363 g/mol. The van der Waals surface area contributed by atoms with Crippen molar-refractivity contribution in [3.63, 3.8) is 0 Å². The zero-order valence-corrected chi connectivity index (χ0v) is 15.4. The van der Waals surface area contributed by atoms with E-state index in [9.17, 15) is 4.79 Å². The zero-order valence-electron chi connectivity index (χ0n) is 15.4. The molecule has 2 N–H and O–H groups in total. The van der Waals surface area contributed by atoms with Crippen LogP contribution < -0.4 is 20.1 Å². The van der Waals surface area contributed by atoms with Gasteiger partial charge in [-0.2, -0.15) is 0 Å². The number of pyridine rings is 1. The van der Waals surface area contributed by atoms with Crippen LogP contribution in [0.3, 0.4) is 0 Å². The summed E-state index contributed by atoms with van der Waals surface area (Å²) in [6.45, 7) is 2.00. The van der Waals surface area contributed by atoms with Crippen LogP contribution in [0.2, 0.25) is 0 Å². The second kappa shape index (κ2) is 8.23. The minimum atomic E-state index is -0.203. The first-order chi connectivity index (χ1) is 13.1. The van der Waals surface area contributed by atoms with Crippen molar-refractivity contribution in [1.29, 1.82) is 0 Å². The van der Waals surface area contributed by atoms with Crippen LogP contribution in [-0.2, 0) is 0 Å². The molecule has 1 amide bonds. The summed E-state index contributed by atoms with van der Waals surface area (Å²) >= 11 is 0. The van der Waals surface area contributed by atoms with Gasteiger partial charge in [-0.15, -0.1) is 0 Å². The Kier molecular flexibility index (Phi) is 5.56. The molecule has 0 radical (unpaired) electrons. The minimum Gasteiger partial charge on any atom is -0.497 e. The van der Waals surface area contributed by atoms with E-state index >= 15 is 0 Å². The van der Waals surface area contributed by atoms with Gasteiger partial charge in [-0.05, 0) is 43.3 Å². The van der Waals surface area contributed by atoms with Crippen molar-refractivity contribution in [2.45, 2.75) is 6.92 Å². The lowest BCUT2D eigenvalue weighted by Gasteiger charge is -2.12. The normalized spacial score (nSPS) is 10.2. The molecule has 6 heteroatoms. The van der Waals surface area contributed by atoms with E-state index in [1.807, 2.05) is 43.3 Å². The number of hydrogen-bond donors (Lipinski definition) is 2. The highest BCUT2D eigenvalue weighted by molar-refractivity contribution is 6.04. The molecule has 0 aliphatic heterocycles. The Labute approximate surface area is 158 Å². The Bertz CT molecular complexity index is 940. The first-order valence-electron chi connectivity index (χ1n) is 8.42. The van der Waals surface area contributed by atoms with Crippen LogP contribution in [0.15, 0.2) is 60.8 Å². The Morgan fingerprint density at radius 1 is 0.963 bits per heavy atom. The van der Waals surface area contributed by atoms with E-state index in [0.717, 1.165) is 16.9 Å². The molecule has 138 valence electrons. The van der Waals surface area contributed by atoms with Crippen LogP contribution >= 0.6 is 0 Å². The van der Waals surface area contributed by atoms with Crippen molar-refractivity contribution in [3.05, 3.63) is 71.9 Å². The highest BCUT2D eigenvalue weighted by Crippen LogP contribution is 2.31. The number of benzene rings is 2. The van der Waals surface area contributed by atoms with E-state index < -0.39 is 0 Å². The number of aromatic nitrogens is 1. The van der Waals surface area contributed by atoms with Gasteiger partial charge in [-0.3, -0.25) is 4.79 Å². The molecule has 0 aliphatic carbocycles. The maximum atomic E-state index is 12.5. The number of carbonyl (C=O) groups excluding carboxylic acids is 1. The fourth-order valence-electron chi connectivity index (χ4n) is 2.52. The quantitative estimate of drug-likeness (QED) is 0.679. The first kappa shape index (κ1) is 18.3. The molecule has 0 bridgehead atoms. The Morgan fingerprint density at radius 3 is 2.44 bits per heavy atom. The highest BCUT2D eigenvalue weighted by atomic mass is 16.5. The number of anilines is 3. The molecular formula is C21H21N3O3. The van der Waals surface area contributed by atoms with Crippen LogP contribution in [-0.4, -0.2) is 25.1 Å². The molecule has 0 fully saturated rings. The molecule has 3 aromatic rings. The molecule has 0 saturated heterocycles. The number of aryl methyl sites for hydroxylation is 1. The van der Waals surface area contributed by atoms with Crippen molar-refractivity contribution in [1.82, 2.24) is 4.98 Å². The van der Waals surface area contributed by atoms with Crippen LogP contribution in [0.1, 0.15) is 15.9 Å². The summed E-state index contributed by atoms with van der Waals surface area (Å²) < 4.78 is 10.6. The van der Waals surface area contributed by atoms with Crippen molar-refractivity contribution in [2.24, 2.45) is 0 Å². The maximum absolute atomic E-state index is 12.5. The summed E-state index contributed by atoms with van der Waals surface area (Å²) in [5.74, 6) is 1.64. The van der Waals surface area contributed by atoms with Gasteiger partial charge in [0.25, 0.3) is 5.91 Å². The lowest BCUT2D eigenvalue weighted by atomic mass is 10.2. The number of methoxy groups -OCH3 is 2. The summed E-state index contributed by atoms with van der Waals surface area (Å²) in [6, 6.07) is 16.4. The van der Waals surface area contributed by atoms with Gasteiger partial charge < -0.3 is 20.1 Å². The molecule has 0 saturated carbocycles. The topological polar surface area (TPSA) is 72.5 Å². The molecule has 1 heterocycles. The summed E-state index contributed by atoms with van der Waals surface area (Å²) in [7, 11) is 3.18. The summed E-state index contributed by atoms with van der Waals surface area (Å²) in [4.78, 5) is 16.8. The second-order valence-corrected chi connectivity index (χ2v) is 5.94. The van der Waals surface area contributed by atoms with Crippen molar-refractivity contribution >= 4 is 23.1 Å². The third-order valence-corrected chi connectivity index (χ3v) is 4.00. The van der Waals surface area contributed by atoms with Gasteiger partial charge >= 0.3 is 0 Å². The van der Waals surface area contributed by atoms with Gasteiger partial charge in [0.15, 0.2) is 0 Å². The molecule has 1 aromatic heterocycles. The summed E-state index contributed by atoms with van der Waals surface area (Å²) in [6.07, 6.45) is 1.59. The summed E-state index contributed by atoms with van der Waals surface area (Å²) in [5.41, 5.74) is 3.10. The van der Waals surface area contributed by atoms with Gasteiger partial charge in [0.05, 0.1) is 19.9 Å². The van der Waals surface area contributed by atoms with Crippen LogP contribution in [0.25, 0.3) is 0 Å². The number of nitrogens with one attached hydrogen (secondary N) is 2. The Morgan fingerprint density at radius 2 is 1.74 bits per heavy atom. The van der Waals surface area contributed by atoms with E-state index in [1.54, 1.807) is 38.6 Å². The van der Waals surface area contributed by atoms with Crippen LogP contribution in [0.4, 0.5) is 17.2 Å². The Hall–Kier alpha value is -3.54. The summed E-state index contributed by atoms with van der Waals surface area (Å²) in [5, 5.41) is 6.05. The molecule has 27 heavy (non-hydrogen) atoms. The predicted molar refractivity (Wildman–Crippen MR) is 106 cm³/mol. The van der Waals surface area contributed by atoms with E-state index in [2.05, 4.69) is 15.6 Å². The van der Waals surface area contributed by atoms with Gasteiger partial charge in [-0.25, -0.2) is 4.98 Å². The largest absolute Gasteiger partial charge is 0.497 e. The second-order valence-electron chi connectivity index (χ2n) is 5.94. The van der Waals surface area contributed by atoms with Gasteiger partial charge in [0.2, 0.25) is 0 Å². The van der Waals surface area contributed by atoms with E-state index in [0.29, 0.717) is 22.9 Å². The predicted octanol–water partition coefficient (Wildman–Crippen LogP) is 4.40. The average molecular weight is 363 g/mol. The number of rotatable bonds is 6. The van der Waals surface area contributed by atoms with E-state index in [-0.39, 0.29) is 5.91 Å². The first-order valence-corrected chi connectivity index (χ1v) is 8.42. The van der Waals surface area contributed by atoms with Crippen molar-refractivity contribution in [3.8, 4) is 11.5 Å². The van der Waals surface area contributed by atoms with Gasteiger partial charge in [0, 0.05) is 23.5 Å². The number of nitrogens with zero attached hydrogens (tertiary/aromatic N) is 1. The zero-order chi connectivity index (χ0) is 19.2. The molecule has 0 aliphatic rings. The van der Waals surface area contributed by atoms with Crippen LogP contribution in [0.5, 0.6) is 11.5 Å². The number of amides is 1. The molecule has 0 atom stereocenters. The molecule has 0 spiro atoms. The third-order valence-electron chi connectivity index (χ3n) is 4.00. The Balaban J connectivity index is 1.77. The minimum absolute atomic E-state index is 0.203. The fourth-order valence-corrected chi connectivity index (χ4v) is 2.52. The highest BCUT2D eigenvalue weighted by Gasteiger charge is 2.10. The SMILES string of the molecule is COc1ccc(Nc2cc(C(=O)Nc3ccc(C)cc3)ccn2)c(OC)c1. The fraction of sp³-hybridized carbons (Fsp3) is 0.143. The standard InChI is InChI=1S/C21H21N3O3/c1-14-4-6-16(7-5-14)23-21(25)15-10-11-22-20(12-15)24-18-9-8-17(26-2)13-19(18)27-3/h4-13H,1-3H3,(H,22,24)(H,23,25). The number of ether oxygens (including phenoxy) is 2. The lowest BCUT2D eigenvalue weighted by molar-refractivity contribution is 0.102. The third kappa shape index (κ3) is 4.55. The average Bonchev–Trinajstić information content (AvgIpc) is 2.70. The van der Waals surface area contributed by atoms with E-state index in [4.69, 9.17) is 9.47 Å². The lowest BCUT2D eigenvalue weighted by Crippen LogP contribution is -2.12. The van der Waals surface area contributed by atoms with Gasteiger partial charge in [0.1, 0.15) is 17.3 Å². The number of carbonyl (C=O) groups is 1. The maximum Gasteiger partial charge on any atom is 0.255 e. The van der Waals surface area contributed by atoms with Gasteiger partial charge in [-0.1, -0.05) is 17.7 Å². The van der Waals surface area contributed by atoms with Crippen molar-refractivity contribution < 1.29 is 14.3 Å². The molecule has 2 aromatic carbocycles. The smallest absolute Gasteiger partial charge is 0.255 e. The molecule has 3 rings (SSSR count). The van der Waals surface area contributed by atoms with E-state index in [1.165, 1.54) is 0 Å². The molecule has 0 unspecified atom stereocenters. The van der Waals surface area contributed by atoms with Crippen LogP contribution in [0, 0.1) is 6.92 Å². The van der Waals surface area contributed by atoms with Crippen molar-refractivity contribution in [2.75, 3.05) is 24.9 Å².